The van der Waals surface area contributed by atoms with E-state index < -0.39 is 0 Å². The van der Waals surface area contributed by atoms with E-state index in [1.165, 1.54) is 96.4 Å². The van der Waals surface area contributed by atoms with Crippen LogP contribution in [0, 0.1) is 0 Å². The number of aliphatic hydroxyl groups excluding tert-OH is 1. The minimum atomic E-state index is 0.292. The predicted molar refractivity (Wildman–Crippen MR) is 119 cm³/mol. The van der Waals surface area contributed by atoms with Gasteiger partial charge in [0.1, 0.15) is 0 Å². The van der Waals surface area contributed by atoms with Crippen molar-refractivity contribution in [2.75, 3.05) is 32.8 Å². The number of hydrogen-bond donors (Lipinski definition) is 1. The second kappa shape index (κ2) is 17.7. The Kier molecular flexibility index (Phi) is 16.2. The monoisotopic (exact) mass is 380 g/mol. The lowest BCUT2D eigenvalue weighted by Crippen LogP contribution is -2.39. The van der Waals surface area contributed by atoms with E-state index in [-0.39, 0.29) is 0 Å². The molecule has 3 heteroatoms. The number of unbranched alkanes of at least 4 members (excludes halogenated alkanes) is 11. The summed E-state index contributed by atoms with van der Waals surface area (Å²) in [7, 11) is 0. The van der Waals surface area contributed by atoms with E-state index in [1.54, 1.807) is 0 Å². The number of likely N-dealkylation sites (N-methyl/N-ethyl adjacent to an activating group) is 1. The lowest BCUT2D eigenvalue weighted by molar-refractivity contribution is 0.108. The van der Waals surface area contributed by atoms with E-state index in [1.807, 2.05) is 0 Å². The van der Waals surface area contributed by atoms with Gasteiger partial charge in [-0.2, -0.15) is 0 Å². The summed E-state index contributed by atoms with van der Waals surface area (Å²) in [5.41, 5.74) is 0. The van der Waals surface area contributed by atoms with E-state index in [9.17, 15) is 5.11 Å². The lowest BCUT2D eigenvalue weighted by atomic mass is 10.1. The molecule has 1 saturated heterocycles. The van der Waals surface area contributed by atoms with Crippen LogP contribution in [0.25, 0.3) is 0 Å². The molecule has 0 aliphatic carbocycles. The third-order valence-corrected chi connectivity index (χ3v) is 6.03. The molecule has 0 spiro atoms. The molecule has 0 aromatic carbocycles. The largest absolute Gasteiger partial charge is 0.395 e. The molecule has 1 atom stereocenters. The molecule has 3 nitrogen and oxygen atoms in total. The Morgan fingerprint density at radius 3 is 1.89 bits per heavy atom. The first-order chi connectivity index (χ1) is 13.3. The molecule has 0 radical (unpaired) electrons. The Bertz CT molecular complexity index is 345. The van der Waals surface area contributed by atoms with Crippen LogP contribution < -0.4 is 0 Å². The molecule has 1 rings (SSSR count). The fraction of sp³-hybridized carbons (Fsp3) is 0.917. The van der Waals surface area contributed by atoms with Gasteiger partial charge in [0.2, 0.25) is 0 Å². The van der Waals surface area contributed by atoms with Crippen molar-refractivity contribution >= 4 is 0 Å². The number of nitrogens with zero attached hydrogens (tertiary/aromatic N) is 2. The fourth-order valence-electron chi connectivity index (χ4n) is 4.31. The Morgan fingerprint density at radius 2 is 1.30 bits per heavy atom. The number of hydrogen-bond acceptors (Lipinski definition) is 3. The maximum atomic E-state index is 9.24. The maximum Gasteiger partial charge on any atom is 0.0624 e. The summed E-state index contributed by atoms with van der Waals surface area (Å²) in [4.78, 5) is 5.04. The van der Waals surface area contributed by atoms with Crippen LogP contribution in [0.15, 0.2) is 12.2 Å². The van der Waals surface area contributed by atoms with Crippen molar-refractivity contribution in [3.8, 4) is 0 Å². The molecule has 1 aliphatic rings. The van der Waals surface area contributed by atoms with E-state index in [0.717, 1.165) is 19.6 Å². The Morgan fingerprint density at radius 1 is 0.741 bits per heavy atom. The van der Waals surface area contributed by atoms with Gasteiger partial charge in [0.15, 0.2) is 0 Å². The molecule has 1 N–H and O–H groups in total. The number of rotatable bonds is 18. The zero-order valence-corrected chi connectivity index (χ0v) is 18.5. The van der Waals surface area contributed by atoms with E-state index >= 15 is 0 Å². The first-order valence-corrected chi connectivity index (χ1v) is 12.1. The highest BCUT2D eigenvalue weighted by Crippen LogP contribution is 2.20. The number of aliphatic hydroxyl groups is 1. The van der Waals surface area contributed by atoms with Crippen molar-refractivity contribution in [1.29, 1.82) is 0 Å². The van der Waals surface area contributed by atoms with Crippen LogP contribution in [0.3, 0.4) is 0 Å². The van der Waals surface area contributed by atoms with Crippen LogP contribution in [-0.2, 0) is 0 Å². The average Bonchev–Trinajstić information content (AvgIpc) is 3.07. The molecule has 27 heavy (non-hydrogen) atoms. The normalized spacial score (nSPS) is 18.9. The van der Waals surface area contributed by atoms with Gasteiger partial charge in [0.05, 0.1) is 12.8 Å². The van der Waals surface area contributed by atoms with Crippen LogP contribution in [0.1, 0.15) is 104 Å². The zero-order chi connectivity index (χ0) is 19.6. The summed E-state index contributed by atoms with van der Waals surface area (Å²) < 4.78 is 0. The molecule has 1 aliphatic heterocycles. The van der Waals surface area contributed by atoms with Crippen molar-refractivity contribution in [2.45, 2.75) is 110 Å². The summed E-state index contributed by atoms with van der Waals surface area (Å²) in [6.45, 7) is 9.11. The first-order valence-electron chi connectivity index (χ1n) is 12.1. The maximum absolute atomic E-state index is 9.24. The molecule has 0 amide bonds. The van der Waals surface area contributed by atoms with Gasteiger partial charge < -0.3 is 5.11 Å². The summed E-state index contributed by atoms with van der Waals surface area (Å²) in [6.07, 6.45) is 24.4. The molecule has 0 bridgehead atoms. The predicted octanol–water partition coefficient (Wildman–Crippen LogP) is 5.98. The average molecular weight is 381 g/mol. The SMILES string of the molecule is CCCCCCCC/C=C\CCCCCCCC1N(CC)CCN1CCO. The third-order valence-electron chi connectivity index (χ3n) is 6.03. The topological polar surface area (TPSA) is 26.7 Å². The Labute approximate surface area is 170 Å². The minimum Gasteiger partial charge on any atom is -0.395 e. The summed E-state index contributed by atoms with van der Waals surface area (Å²) in [5.74, 6) is 0. The van der Waals surface area contributed by atoms with Gasteiger partial charge in [0.25, 0.3) is 0 Å². The lowest BCUT2D eigenvalue weighted by Gasteiger charge is -2.29. The summed E-state index contributed by atoms with van der Waals surface area (Å²) in [6, 6.07) is 0. The number of β-amino-alcohol motifs (C(OH)–C–C–N with tert-alkyl or cyclic N) is 1. The standard InChI is InChI=1S/C24H48N2O/c1-3-5-6-7-8-9-10-11-12-13-14-15-16-17-18-19-24-25(4-2)20-21-26(24)22-23-27/h11-12,24,27H,3-10,13-23H2,1-2H3/b12-11-. The Balaban J connectivity index is 1.91. The van der Waals surface area contributed by atoms with Gasteiger partial charge in [-0.25, -0.2) is 0 Å². The molecule has 0 aromatic heterocycles. The van der Waals surface area contributed by atoms with E-state index in [4.69, 9.17) is 0 Å². The quantitative estimate of drug-likeness (QED) is 0.234. The van der Waals surface area contributed by atoms with Gasteiger partial charge in [-0.15, -0.1) is 0 Å². The van der Waals surface area contributed by atoms with Crippen LogP contribution >= 0.6 is 0 Å². The Hall–Kier alpha value is -0.380. The van der Waals surface area contributed by atoms with Crippen LogP contribution in [0.2, 0.25) is 0 Å². The summed E-state index contributed by atoms with van der Waals surface area (Å²) in [5, 5.41) is 9.24. The second-order valence-corrected chi connectivity index (χ2v) is 8.24. The van der Waals surface area contributed by atoms with Crippen molar-refractivity contribution in [1.82, 2.24) is 9.80 Å². The molecular weight excluding hydrogens is 332 g/mol. The van der Waals surface area contributed by atoms with Gasteiger partial charge in [-0.05, 0) is 38.6 Å². The van der Waals surface area contributed by atoms with Gasteiger partial charge >= 0.3 is 0 Å². The van der Waals surface area contributed by atoms with Crippen molar-refractivity contribution < 1.29 is 5.11 Å². The molecule has 160 valence electrons. The number of allylic oxidation sites excluding steroid dienone is 2. The molecule has 0 aromatic rings. The van der Waals surface area contributed by atoms with E-state index in [2.05, 4.69) is 35.8 Å². The van der Waals surface area contributed by atoms with Gasteiger partial charge in [-0.1, -0.05) is 83.8 Å². The molecular formula is C24H48N2O. The highest BCUT2D eigenvalue weighted by Gasteiger charge is 2.29. The van der Waals surface area contributed by atoms with Crippen molar-refractivity contribution in [2.24, 2.45) is 0 Å². The highest BCUT2D eigenvalue weighted by atomic mass is 16.3. The third kappa shape index (κ3) is 11.9. The molecule has 1 fully saturated rings. The summed E-state index contributed by atoms with van der Waals surface area (Å²) >= 11 is 0. The van der Waals surface area contributed by atoms with Crippen molar-refractivity contribution in [3.63, 3.8) is 0 Å². The molecule has 0 saturated carbocycles. The van der Waals surface area contributed by atoms with Crippen LogP contribution in [0.4, 0.5) is 0 Å². The van der Waals surface area contributed by atoms with Crippen LogP contribution in [0.5, 0.6) is 0 Å². The van der Waals surface area contributed by atoms with E-state index in [0.29, 0.717) is 12.8 Å². The smallest absolute Gasteiger partial charge is 0.0624 e. The van der Waals surface area contributed by atoms with Gasteiger partial charge in [-0.3, -0.25) is 9.80 Å². The fourth-order valence-corrected chi connectivity index (χ4v) is 4.31. The van der Waals surface area contributed by atoms with Crippen molar-refractivity contribution in [3.05, 3.63) is 12.2 Å². The van der Waals surface area contributed by atoms with Gasteiger partial charge in [0, 0.05) is 19.6 Å². The van der Waals surface area contributed by atoms with Crippen LogP contribution in [-0.4, -0.2) is 53.9 Å². The highest BCUT2D eigenvalue weighted by molar-refractivity contribution is 4.82. The minimum absolute atomic E-state index is 0.292. The molecule has 1 unspecified atom stereocenters. The second-order valence-electron chi connectivity index (χ2n) is 8.24. The zero-order valence-electron chi connectivity index (χ0n) is 18.5. The molecule has 1 heterocycles. The first kappa shape index (κ1) is 24.7.